The van der Waals surface area contributed by atoms with Crippen molar-refractivity contribution in [3.05, 3.63) is 101 Å². The minimum absolute atomic E-state index is 0.0532. The summed E-state index contributed by atoms with van der Waals surface area (Å²) in [6.45, 7) is 2.08. The van der Waals surface area contributed by atoms with Gasteiger partial charge in [0.05, 0.1) is 32.4 Å². The van der Waals surface area contributed by atoms with Crippen LogP contribution < -0.4 is 9.47 Å². The van der Waals surface area contributed by atoms with Crippen LogP contribution in [0.4, 0.5) is 0 Å². The number of nitrogens with zero attached hydrogens (tertiary/aromatic N) is 1. The number of benzene rings is 3. The van der Waals surface area contributed by atoms with Gasteiger partial charge in [0.15, 0.2) is 0 Å². The first-order valence-corrected chi connectivity index (χ1v) is 10.6. The fourth-order valence-electron chi connectivity index (χ4n) is 4.20. The highest BCUT2D eigenvalue weighted by Gasteiger charge is 2.46. The summed E-state index contributed by atoms with van der Waals surface area (Å²) in [5.74, 6) is -0.467. The molecule has 0 aliphatic carbocycles. The molecule has 1 fully saturated rings. The Labute approximate surface area is 192 Å². The molecule has 1 aliphatic rings. The summed E-state index contributed by atoms with van der Waals surface area (Å²) in [5.41, 5.74) is 2.91. The van der Waals surface area contributed by atoms with Crippen molar-refractivity contribution in [1.82, 2.24) is 4.90 Å². The number of aliphatic hydroxyl groups excluding tert-OH is 1. The van der Waals surface area contributed by atoms with Crippen LogP contribution in [0.25, 0.3) is 5.76 Å². The largest absolute Gasteiger partial charge is 0.507 e. The predicted octanol–water partition coefficient (Wildman–Crippen LogP) is 4.63. The SMILES string of the molecule is COc1cccc(/C(O)=C2\C(=O)C(=O)N(Cc3ccccc3OC)C2c2ccccc2C)c1. The minimum atomic E-state index is -0.748. The van der Waals surface area contributed by atoms with Gasteiger partial charge >= 0.3 is 0 Å². The fourth-order valence-corrected chi connectivity index (χ4v) is 4.20. The van der Waals surface area contributed by atoms with Gasteiger partial charge in [-0.05, 0) is 36.2 Å². The van der Waals surface area contributed by atoms with E-state index in [1.807, 2.05) is 55.5 Å². The third-order valence-corrected chi connectivity index (χ3v) is 5.90. The van der Waals surface area contributed by atoms with E-state index in [1.165, 1.54) is 12.0 Å². The number of carbonyl (C=O) groups is 2. The minimum Gasteiger partial charge on any atom is -0.507 e. The number of Topliss-reactive ketones (excluding diaryl/α,β-unsaturated/α-hetero) is 1. The highest BCUT2D eigenvalue weighted by Crippen LogP contribution is 2.42. The first-order valence-electron chi connectivity index (χ1n) is 10.6. The lowest BCUT2D eigenvalue weighted by Crippen LogP contribution is -2.29. The molecule has 3 aromatic carbocycles. The lowest BCUT2D eigenvalue weighted by Gasteiger charge is -2.27. The molecule has 0 aromatic heterocycles. The van der Waals surface area contributed by atoms with E-state index in [1.54, 1.807) is 31.4 Å². The zero-order valence-corrected chi connectivity index (χ0v) is 18.7. The van der Waals surface area contributed by atoms with Gasteiger partial charge in [-0.2, -0.15) is 0 Å². The second-order valence-electron chi connectivity index (χ2n) is 7.83. The Balaban J connectivity index is 1.90. The van der Waals surface area contributed by atoms with Gasteiger partial charge in [-0.3, -0.25) is 9.59 Å². The van der Waals surface area contributed by atoms with Crippen molar-refractivity contribution in [3.8, 4) is 11.5 Å². The number of para-hydroxylation sites is 1. The number of ether oxygens (including phenoxy) is 2. The molecule has 0 saturated carbocycles. The number of carbonyl (C=O) groups excluding carboxylic acids is 2. The Morgan fingerprint density at radius 2 is 1.67 bits per heavy atom. The summed E-state index contributed by atoms with van der Waals surface area (Å²) < 4.78 is 10.7. The van der Waals surface area contributed by atoms with Crippen molar-refractivity contribution in [2.45, 2.75) is 19.5 Å². The molecule has 33 heavy (non-hydrogen) atoms. The van der Waals surface area contributed by atoms with E-state index in [0.29, 0.717) is 17.1 Å². The van der Waals surface area contributed by atoms with Crippen molar-refractivity contribution in [2.75, 3.05) is 14.2 Å². The maximum absolute atomic E-state index is 13.3. The summed E-state index contributed by atoms with van der Waals surface area (Å²) in [5, 5.41) is 11.2. The maximum Gasteiger partial charge on any atom is 0.295 e. The molecular formula is C27H25NO5. The van der Waals surface area contributed by atoms with Gasteiger partial charge in [-0.25, -0.2) is 0 Å². The summed E-state index contributed by atoms with van der Waals surface area (Å²) in [4.78, 5) is 28.0. The molecule has 1 unspecified atom stereocenters. The van der Waals surface area contributed by atoms with Crippen LogP contribution in [0.5, 0.6) is 11.5 Å². The third kappa shape index (κ3) is 4.07. The number of methoxy groups -OCH3 is 2. The average Bonchev–Trinajstić information content (AvgIpc) is 3.09. The topological polar surface area (TPSA) is 76.1 Å². The Morgan fingerprint density at radius 3 is 2.39 bits per heavy atom. The van der Waals surface area contributed by atoms with Gasteiger partial charge in [0.25, 0.3) is 11.7 Å². The highest BCUT2D eigenvalue weighted by atomic mass is 16.5. The molecule has 1 saturated heterocycles. The molecule has 0 radical (unpaired) electrons. The lowest BCUT2D eigenvalue weighted by molar-refractivity contribution is -0.140. The molecule has 1 amide bonds. The van der Waals surface area contributed by atoms with Crippen LogP contribution in [0.1, 0.15) is 28.3 Å². The Bertz CT molecular complexity index is 1250. The van der Waals surface area contributed by atoms with Crippen LogP contribution in [0.3, 0.4) is 0 Å². The van der Waals surface area contributed by atoms with E-state index >= 15 is 0 Å². The lowest BCUT2D eigenvalue weighted by atomic mass is 9.92. The van der Waals surface area contributed by atoms with Crippen molar-refractivity contribution in [1.29, 1.82) is 0 Å². The molecule has 6 nitrogen and oxygen atoms in total. The summed E-state index contributed by atoms with van der Waals surface area (Å²) in [6.07, 6.45) is 0. The quantitative estimate of drug-likeness (QED) is 0.341. The van der Waals surface area contributed by atoms with E-state index in [-0.39, 0.29) is 17.9 Å². The van der Waals surface area contributed by atoms with Gasteiger partial charge in [-0.15, -0.1) is 0 Å². The van der Waals surface area contributed by atoms with Gasteiger partial charge in [-0.1, -0.05) is 54.6 Å². The van der Waals surface area contributed by atoms with Gasteiger partial charge < -0.3 is 19.5 Å². The Kier molecular flexibility index (Phi) is 6.18. The number of amides is 1. The Morgan fingerprint density at radius 1 is 0.939 bits per heavy atom. The fraction of sp³-hybridized carbons (Fsp3) is 0.185. The van der Waals surface area contributed by atoms with Gasteiger partial charge in [0.2, 0.25) is 0 Å². The summed E-state index contributed by atoms with van der Waals surface area (Å²) >= 11 is 0. The smallest absolute Gasteiger partial charge is 0.295 e. The van der Waals surface area contributed by atoms with E-state index in [9.17, 15) is 14.7 Å². The summed E-state index contributed by atoms with van der Waals surface area (Å²) in [6, 6.07) is 21.0. The number of likely N-dealkylation sites (tertiary alicyclic amines) is 1. The maximum atomic E-state index is 13.3. The van der Waals surface area contributed by atoms with Crippen LogP contribution in [-0.2, 0) is 16.1 Å². The van der Waals surface area contributed by atoms with Crippen LogP contribution in [-0.4, -0.2) is 35.9 Å². The van der Waals surface area contributed by atoms with Crippen molar-refractivity contribution >= 4 is 17.4 Å². The molecule has 1 N–H and O–H groups in total. The first kappa shape index (κ1) is 22.1. The normalized spacial score (nSPS) is 17.3. The van der Waals surface area contributed by atoms with Crippen molar-refractivity contribution in [2.24, 2.45) is 0 Å². The number of aryl methyl sites for hydroxylation is 1. The van der Waals surface area contributed by atoms with Crippen LogP contribution in [0, 0.1) is 6.92 Å². The number of hydrogen-bond acceptors (Lipinski definition) is 5. The average molecular weight is 443 g/mol. The predicted molar refractivity (Wildman–Crippen MR) is 125 cm³/mol. The van der Waals surface area contributed by atoms with E-state index in [0.717, 1.165) is 16.7 Å². The molecule has 0 spiro atoms. The zero-order valence-electron chi connectivity index (χ0n) is 18.7. The summed E-state index contributed by atoms with van der Waals surface area (Å²) in [7, 11) is 3.09. The molecule has 4 rings (SSSR count). The van der Waals surface area contributed by atoms with Crippen LogP contribution >= 0.6 is 0 Å². The monoisotopic (exact) mass is 443 g/mol. The van der Waals surface area contributed by atoms with Gasteiger partial charge in [0.1, 0.15) is 17.3 Å². The van der Waals surface area contributed by atoms with Crippen LogP contribution in [0.15, 0.2) is 78.4 Å². The molecule has 1 aliphatic heterocycles. The second kappa shape index (κ2) is 9.20. The first-order chi connectivity index (χ1) is 16.0. The van der Waals surface area contributed by atoms with Gasteiger partial charge in [0, 0.05) is 11.1 Å². The molecule has 3 aromatic rings. The van der Waals surface area contributed by atoms with Crippen molar-refractivity contribution in [3.63, 3.8) is 0 Å². The number of hydrogen-bond donors (Lipinski definition) is 1. The molecule has 0 bridgehead atoms. The van der Waals surface area contributed by atoms with E-state index in [4.69, 9.17) is 9.47 Å². The number of aliphatic hydroxyl groups is 1. The second-order valence-corrected chi connectivity index (χ2v) is 7.83. The zero-order chi connectivity index (χ0) is 23.5. The Hall–Kier alpha value is -4.06. The van der Waals surface area contributed by atoms with E-state index < -0.39 is 17.7 Å². The van der Waals surface area contributed by atoms with E-state index in [2.05, 4.69) is 0 Å². The molecule has 1 heterocycles. The van der Waals surface area contributed by atoms with Crippen LogP contribution in [0.2, 0.25) is 0 Å². The third-order valence-electron chi connectivity index (χ3n) is 5.90. The standard InChI is InChI=1S/C27H25NO5/c1-17-9-4-6-13-21(17)24-23(25(29)18-11-8-12-20(15-18)32-2)26(30)27(31)28(24)16-19-10-5-7-14-22(19)33-3/h4-15,24,29H,16H2,1-3H3/b25-23+. The molecule has 1 atom stereocenters. The molecule has 6 heteroatoms. The highest BCUT2D eigenvalue weighted by molar-refractivity contribution is 6.46. The number of ketones is 1. The van der Waals surface area contributed by atoms with Crippen molar-refractivity contribution < 1.29 is 24.2 Å². The molecular weight excluding hydrogens is 418 g/mol. The molecule has 168 valence electrons. The number of rotatable bonds is 6.